The number of hydrogen-bond acceptors (Lipinski definition) is 3. The first-order valence-electron chi connectivity index (χ1n) is 6.14. The molecule has 0 bridgehead atoms. The zero-order valence-electron chi connectivity index (χ0n) is 11.2. The number of nitrogens with one attached hydrogen (secondary N) is 2. The van der Waals surface area contributed by atoms with Crippen LogP contribution in [0.25, 0.3) is 0 Å². The van der Waals surface area contributed by atoms with Crippen LogP contribution in [0.5, 0.6) is 0 Å². The molecule has 112 valence electrons. The summed E-state index contributed by atoms with van der Waals surface area (Å²) in [6.07, 6.45) is 0. The van der Waals surface area contributed by atoms with Gasteiger partial charge in [0.15, 0.2) is 0 Å². The van der Waals surface area contributed by atoms with E-state index in [-0.39, 0.29) is 5.69 Å². The van der Waals surface area contributed by atoms with E-state index >= 15 is 0 Å². The molecule has 0 heterocycles. The van der Waals surface area contributed by atoms with Crippen molar-refractivity contribution in [3.05, 3.63) is 59.7 Å². The fourth-order valence-corrected chi connectivity index (χ4v) is 3.01. The molecular formula is C14H14F2N2O2S. The van der Waals surface area contributed by atoms with E-state index in [1.54, 1.807) is 7.05 Å². The molecule has 0 radical (unpaired) electrons. The van der Waals surface area contributed by atoms with Crippen molar-refractivity contribution in [3.63, 3.8) is 0 Å². The minimum atomic E-state index is -4.12. The monoisotopic (exact) mass is 312 g/mol. The Labute approximate surface area is 121 Å². The Hall–Kier alpha value is -1.99. The second-order valence-electron chi connectivity index (χ2n) is 4.41. The molecule has 21 heavy (non-hydrogen) atoms. The van der Waals surface area contributed by atoms with E-state index in [9.17, 15) is 17.2 Å². The number of benzene rings is 2. The van der Waals surface area contributed by atoms with E-state index in [1.165, 1.54) is 30.3 Å². The summed E-state index contributed by atoms with van der Waals surface area (Å²) < 4.78 is 53.4. The quantitative estimate of drug-likeness (QED) is 0.892. The molecule has 0 fully saturated rings. The normalized spacial score (nSPS) is 11.4. The third-order valence-electron chi connectivity index (χ3n) is 2.74. The maximum atomic E-state index is 13.8. The first-order chi connectivity index (χ1) is 9.92. The second kappa shape index (κ2) is 6.19. The van der Waals surface area contributed by atoms with Gasteiger partial charge in [-0.1, -0.05) is 12.1 Å². The third-order valence-corrected chi connectivity index (χ3v) is 4.14. The van der Waals surface area contributed by atoms with Gasteiger partial charge < -0.3 is 5.32 Å². The van der Waals surface area contributed by atoms with Gasteiger partial charge in [-0.05, 0) is 42.9 Å². The number of halogens is 2. The lowest BCUT2D eigenvalue weighted by Crippen LogP contribution is -2.16. The van der Waals surface area contributed by atoms with Gasteiger partial charge in [-0.15, -0.1) is 0 Å². The maximum absolute atomic E-state index is 13.8. The molecule has 4 nitrogen and oxygen atoms in total. The predicted octanol–water partition coefficient (Wildman–Crippen LogP) is 2.49. The first-order valence-corrected chi connectivity index (χ1v) is 7.62. The SMILES string of the molecule is CNCc1ccc(F)c(S(=O)(=O)Nc2cccc(F)c2)c1. The van der Waals surface area contributed by atoms with Crippen molar-refractivity contribution in [2.45, 2.75) is 11.4 Å². The zero-order chi connectivity index (χ0) is 15.5. The molecule has 2 rings (SSSR count). The average Bonchev–Trinajstić information content (AvgIpc) is 2.40. The molecule has 0 aliphatic rings. The van der Waals surface area contributed by atoms with Gasteiger partial charge in [0.2, 0.25) is 0 Å². The van der Waals surface area contributed by atoms with Crippen LogP contribution in [0.15, 0.2) is 47.4 Å². The lowest BCUT2D eigenvalue weighted by atomic mass is 10.2. The van der Waals surface area contributed by atoms with Crippen LogP contribution >= 0.6 is 0 Å². The molecule has 0 aliphatic carbocycles. The van der Waals surface area contributed by atoms with E-state index < -0.39 is 26.6 Å². The average molecular weight is 312 g/mol. The fraction of sp³-hybridized carbons (Fsp3) is 0.143. The summed E-state index contributed by atoms with van der Waals surface area (Å²) in [6, 6.07) is 8.78. The van der Waals surface area contributed by atoms with Crippen LogP contribution in [0.3, 0.4) is 0 Å². The summed E-state index contributed by atoms with van der Waals surface area (Å²) in [6.45, 7) is 0.406. The van der Waals surface area contributed by atoms with Crippen molar-refractivity contribution in [2.24, 2.45) is 0 Å². The molecular weight excluding hydrogens is 298 g/mol. The van der Waals surface area contributed by atoms with Crippen LogP contribution in [0.1, 0.15) is 5.56 Å². The van der Waals surface area contributed by atoms with Crippen molar-refractivity contribution in [1.82, 2.24) is 5.32 Å². The van der Waals surface area contributed by atoms with Gasteiger partial charge in [0.05, 0.1) is 5.69 Å². The number of anilines is 1. The Morgan fingerprint density at radius 2 is 1.86 bits per heavy atom. The lowest BCUT2D eigenvalue weighted by Gasteiger charge is -2.10. The summed E-state index contributed by atoms with van der Waals surface area (Å²) in [4.78, 5) is -0.473. The molecule has 0 spiro atoms. The van der Waals surface area contributed by atoms with Crippen LogP contribution in [0, 0.1) is 11.6 Å². The number of rotatable bonds is 5. The molecule has 0 amide bonds. The van der Waals surface area contributed by atoms with Gasteiger partial charge in [-0.2, -0.15) is 0 Å². The highest BCUT2D eigenvalue weighted by Gasteiger charge is 2.20. The van der Waals surface area contributed by atoms with Crippen molar-refractivity contribution in [3.8, 4) is 0 Å². The van der Waals surface area contributed by atoms with Crippen molar-refractivity contribution in [1.29, 1.82) is 0 Å². The number of hydrogen-bond donors (Lipinski definition) is 2. The Bertz CT molecular complexity index is 748. The first kappa shape index (κ1) is 15.4. The summed E-state index contributed by atoms with van der Waals surface area (Å²) in [5.74, 6) is -1.45. The lowest BCUT2D eigenvalue weighted by molar-refractivity contribution is 0.569. The van der Waals surface area contributed by atoms with Gasteiger partial charge in [-0.25, -0.2) is 17.2 Å². The van der Waals surface area contributed by atoms with E-state index in [1.807, 2.05) is 0 Å². The smallest absolute Gasteiger partial charge is 0.264 e. The summed E-state index contributed by atoms with van der Waals surface area (Å²) in [5.41, 5.74) is 0.659. The Morgan fingerprint density at radius 1 is 1.10 bits per heavy atom. The van der Waals surface area contributed by atoms with E-state index in [0.29, 0.717) is 12.1 Å². The zero-order valence-corrected chi connectivity index (χ0v) is 12.0. The predicted molar refractivity (Wildman–Crippen MR) is 76.4 cm³/mol. The summed E-state index contributed by atoms with van der Waals surface area (Å²) >= 11 is 0. The molecule has 0 saturated heterocycles. The largest absolute Gasteiger partial charge is 0.316 e. The van der Waals surface area contributed by atoms with Crippen molar-refractivity contribution < 1.29 is 17.2 Å². The summed E-state index contributed by atoms with van der Waals surface area (Å²) in [7, 11) is -2.42. The van der Waals surface area contributed by atoms with Gasteiger partial charge in [0, 0.05) is 6.54 Å². The fourth-order valence-electron chi connectivity index (χ4n) is 1.83. The summed E-state index contributed by atoms with van der Waals surface area (Å²) in [5, 5.41) is 2.85. The van der Waals surface area contributed by atoms with Gasteiger partial charge >= 0.3 is 0 Å². The van der Waals surface area contributed by atoms with Gasteiger partial charge in [-0.3, -0.25) is 4.72 Å². The highest BCUT2D eigenvalue weighted by molar-refractivity contribution is 7.92. The van der Waals surface area contributed by atoms with Crippen molar-refractivity contribution in [2.75, 3.05) is 11.8 Å². The molecule has 0 saturated carbocycles. The highest BCUT2D eigenvalue weighted by Crippen LogP contribution is 2.20. The highest BCUT2D eigenvalue weighted by atomic mass is 32.2. The molecule has 0 unspecified atom stereocenters. The Morgan fingerprint density at radius 3 is 2.52 bits per heavy atom. The molecule has 2 aromatic rings. The van der Waals surface area contributed by atoms with Gasteiger partial charge in [0.1, 0.15) is 16.5 Å². The van der Waals surface area contributed by atoms with Crippen LogP contribution in [-0.4, -0.2) is 15.5 Å². The van der Waals surface area contributed by atoms with Crippen LogP contribution in [0.2, 0.25) is 0 Å². The maximum Gasteiger partial charge on any atom is 0.264 e. The third kappa shape index (κ3) is 3.77. The van der Waals surface area contributed by atoms with E-state index in [0.717, 1.165) is 12.1 Å². The minimum Gasteiger partial charge on any atom is -0.316 e. The van der Waals surface area contributed by atoms with Crippen molar-refractivity contribution >= 4 is 15.7 Å². The van der Waals surface area contributed by atoms with Crippen LogP contribution < -0.4 is 10.0 Å². The Kier molecular flexibility index (Phi) is 4.54. The van der Waals surface area contributed by atoms with E-state index in [2.05, 4.69) is 10.0 Å². The number of sulfonamides is 1. The topological polar surface area (TPSA) is 58.2 Å². The molecule has 2 aromatic carbocycles. The minimum absolute atomic E-state index is 0.0356. The standard InChI is InChI=1S/C14H14F2N2O2S/c1-17-9-10-5-6-13(16)14(7-10)21(19,20)18-12-4-2-3-11(15)8-12/h2-8,17-18H,9H2,1H3. The van der Waals surface area contributed by atoms with Crippen LogP contribution in [0.4, 0.5) is 14.5 Å². The van der Waals surface area contributed by atoms with E-state index in [4.69, 9.17) is 0 Å². The molecule has 0 aliphatic heterocycles. The Balaban J connectivity index is 2.37. The molecule has 7 heteroatoms. The second-order valence-corrected chi connectivity index (χ2v) is 6.06. The molecule has 2 N–H and O–H groups in total. The molecule has 0 atom stereocenters. The van der Waals surface area contributed by atoms with Gasteiger partial charge in [0.25, 0.3) is 10.0 Å². The molecule has 0 aromatic heterocycles. The van der Waals surface area contributed by atoms with Crippen LogP contribution in [-0.2, 0) is 16.6 Å².